The maximum absolute atomic E-state index is 13.5. The molecule has 0 bridgehead atoms. The Morgan fingerprint density at radius 2 is 1.97 bits per heavy atom. The molecule has 1 unspecified atom stereocenters. The first-order valence-electron chi connectivity index (χ1n) is 11.2. The van der Waals surface area contributed by atoms with Crippen LogP contribution in [0.15, 0.2) is 83.6 Å². The number of methoxy groups -OCH3 is 1. The Bertz CT molecular complexity index is 1160. The average Bonchev–Trinajstić information content (AvgIpc) is 3.29. The summed E-state index contributed by atoms with van der Waals surface area (Å²) in [6.45, 7) is 0.449. The predicted molar refractivity (Wildman–Crippen MR) is 131 cm³/mol. The van der Waals surface area contributed by atoms with Crippen molar-refractivity contribution in [3.05, 3.63) is 95.6 Å². The summed E-state index contributed by atoms with van der Waals surface area (Å²) in [5, 5.41) is 12.4. The van der Waals surface area contributed by atoms with E-state index in [9.17, 15) is 9.18 Å². The first-order chi connectivity index (χ1) is 16.6. The molecule has 0 radical (unpaired) electrons. The third-order valence-electron chi connectivity index (χ3n) is 5.56. The van der Waals surface area contributed by atoms with Gasteiger partial charge in [0.1, 0.15) is 11.6 Å². The molecular weight excluding hydrogens is 451 g/mol. The van der Waals surface area contributed by atoms with Crippen LogP contribution in [0.1, 0.15) is 24.2 Å². The Morgan fingerprint density at radius 1 is 1.18 bits per heavy atom. The largest absolute Gasteiger partial charge is 0.377 e. The molecule has 8 heteroatoms. The highest BCUT2D eigenvalue weighted by atomic mass is 32.2. The maximum Gasteiger partial charge on any atom is 0.220 e. The summed E-state index contributed by atoms with van der Waals surface area (Å²) in [7, 11) is 1.68. The number of amides is 1. The van der Waals surface area contributed by atoms with Crippen molar-refractivity contribution in [2.75, 3.05) is 13.7 Å². The van der Waals surface area contributed by atoms with Crippen LogP contribution < -0.4 is 5.32 Å². The van der Waals surface area contributed by atoms with Crippen molar-refractivity contribution in [3.8, 4) is 5.69 Å². The lowest BCUT2D eigenvalue weighted by Crippen LogP contribution is -2.30. The number of aromatic nitrogens is 3. The van der Waals surface area contributed by atoms with Gasteiger partial charge in [0.2, 0.25) is 5.91 Å². The van der Waals surface area contributed by atoms with Gasteiger partial charge in [-0.2, -0.15) is 0 Å². The van der Waals surface area contributed by atoms with Gasteiger partial charge in [0.15, 0.2) is 5.16 Å². The standard InChI is InChI=1S/C26H27FN4O2S/c1-33-23-10-6-5-9-20(23)17-28-25(32)16-15-24-29-30-26(34-18-19-7-3-2-4-8-19)31(24)22-13-11-21(27)12-14-22/h2-9,11-14,23H,10,15-18H2,1H3,(H,28,32). The van der Waals surface area contributed by atoms with Crippen LogP contribution in [-0.2, 0) is 21.7 Å². The van der Waals surface area contributed by atoms with E-state index in [0.717, 1.165) is 23.4 Å². The van der Waals surface area contributed by atoms with Gasteiger partial charge < -0.3 is 10.1 Å². The summed E-state index contributed by atoms with van der Waals surface area (Å²) < 4.78 is 20.9. The van der Waals surface area contributed by atoms with Gasteiger partial charge in [0, 0.05) is 37.9 Å². The summed E-state index contributed by atoms with van der Waals surface area (Å²) >= 11 is 1.55. The van der Waals surface area contributed by atoms with Gasteiger partial charge in [-0.25, -0.2) is 4.39 Å². The van der Waals surface area contributed by atoms with Crippen molar-refractivity contribution < 1.29 is 13.9 Å². The molecule has 3 aromatic rings. The second kappa shape index (κ2) is 11.8. The van der Waals surface area contributed by atoms with E-state index in [1.807, 2.05) is 34.9 Å². The molecule has 4 rings (SSSR count). The third-order valence-corrected chi connectivity index (χ3v) is 6.56. The molecule has 34 heavy (non-hydrogen) atoms. The Kier molecular flexibility index (Phi) is 8.27. The molecule has 6 nitrogen and oxygen atoms in total. The van der Waals surface area contributed by atoms with Gasteiger partial charge in [-0.05, 0) is 41.8 Å². The van der Waals surface area contributed by atoms with Gasteiger partial charge >= 0.3 is 0 Å². The number of rotatable bonds is 10. The van der Waals surface area contributed by atoms with E-state index in [-0.39, 0.29) is 24.2 Å². The highest BCUT2D eigenvalue weighted by molar-refractivity contribution is 7.98. The van der Waals surface area contributed by atoms with E-state index < -0.39 is 0 Å². The van der Waals surface area contributed by atoms with Gasteiger partial charge in [-0.3, -0.25) is 9.36 Å². The number of aryl methyl sites for hydroxylation is 1. The van der Waals surface area contributed by atoms with Gasteiger partial charge in [0.05, 0.1) is 6.10 Å². The normalized spacial score (nSPS) is 15.2. The lowest BCUT2D eigenvalue weighted by atomic mass is 10.0. The number of hydrogen-bond acceptors (Lipinski definition) is 5. The van der Waals surface area contributed by atoms with Gasteiger partial charge in [-0.15, -0.1) is 10.2 Å². The Balaban J connectivity index is 1.43. The monoisotopic (exact) mass is 478 g/mol. The zero-order chi connectivity index (χ0) is 23.8. The van der Waals surface area contributed by atoms with Gasteiger partial charge in [-0.1, -0.05) is 60.3 Å². The first kappa shape index (κ1) is 23.9. The van der Waals surface area contributed by atoms with E-state index >= 15 is 0 Å². The summed E-state index contributed by atoms with van der Waals surface area (Å²) in [5.41, 5.74) is 2.98. The van der Waals surface area contributed by atoms with E-state index in [2.05, 4.69) is 33.7 Å². The van der Waals surface area contributed by atoms with Gasteiger partial charge in [0.25, 0.3) is 0 Å². The fourth-order valence-corrected chi connectivity index (χ4v) is 4.64. The van der Waals surface area contributed by atoms with Crippen LogP contribution >= 0.6 is 11.8 Å². The molecule has 2 aromatic carbocycles. The molecule has 1 aliphatic carbocycles. The van der Waals surface area contributed by atoms with Crippen LogP contribution in [0.25, 0.3) is 5.69 Å². The molecule has 1 atom stereocenters. The van der Waals surface area contributed by atoms with Crippen LogP contribution in [0, 0.1) is 5.82 Å². The molecule has 0 saturated carbocycles. The number of halogens is 1. The zero-order valence-corrected chi connectivity index (χ0v) is 19.8. The minimum Gasteiger partial charge on any atom is -0.377 e. The van der Waals surface area contributed by atoms with Crippen LogP contribution in [0.2, 0.25) is 0 Å². The number of benzene rings is 2. The number of thioether (sulfide) groups is 1. The summed E-state index contributed by atoms with van der Waals surface area (Å²) in [5.74, 6) is 1.01. The van der Waals surface area contributed by atoms with Crippen molar-refractivity contribution in [1.82, 2.24) is 20.1 Å². The molecule has 176 valence electrons. The van der Waals surface area contributed by atoms with Crippen molar-refractivity contribution in [2.45, 2.75) is 36.3 Å². The molecule has 1 aromatic heterocycles. The topological polar surface area (TPSA) is 69.0 Å². The average molecular weight is 479 g/mol. The summed E-state index contributed by atoms with van der Waals surface area (Å²) in [4.78, 5) is 12.6. The number of allylic oxidation sites excluding steroid dienone is 2. The molecule has 0 spiro atoms. The molecule has 1 heterocycles. The first-order valence-corrected chi connectivity index (χ1v) is 12.1. The van der Waals surface area contributed by atoms with E-state index in [1.54, 1.807) is 31.0 Å². The molecule has 1 aliphatic rings. The quantitative estimate of drug-likeness (QED) is 0.430. The zero-order valence-electron chi connectivity index (χ0n) is 19.0. The van der Waals surface area contributed by atoms with Crippen molar-refractivity contribution in [2.24, 2.45) is 0 Å². The Hall–Kier alpha value is -3.23. The second-order valence-corrected chi connectivity index (χ2v) is 8.83. The smallest absolute Gasteiger partial charge is 0.220 e. The molecule has 0 saturated heterocycles. The number of nitrogens with one attached hydrogen (secondary N) is 1. The van der Waals surface area contributed by atoms with E-state index in [1.165, 1.54) is 17.7 Å². The number of carbonyl (C=O) groups excluding carboxylic acids is 1. The molecular formula is C26H27FN4O2S. The predicted octanol–water partition coefficient (Wildman–Crippen LogP) is 4.65. The third kappa shape index (κ3) is 6.21. The molecule has 0 fully saturated rings. The second-order valence-electron chi connectivity index (χ2n) is 7.89. The number of nitrogens with zero attached hydrogens (tertiary/aromatic N) is 3. The summed E-state index contributed by atoms with van der Waals surface area (Å²) in [6.07, 6.45) is 7.50. The summed E-state index contributed by atoms with van der Waals surface area (Å²) in [6, 6.07) is 16.3. The van der Waals surface area contributed by atoms with Crippen molar-refractivity contribution in [3.63, 3.8) is 0 Å². The van der Waals surface area contributed by atoms with Crippen LogP contribution in [0.3, 0.4) is 0 Å². The highest BCUT2D eigenvalue weighted by Gasteiger charge is 2.18. The van der Waals surface area contributed by atoms with E-state index in [0.29, 0.717) is 23.9 Å². The van der Waals surface area contributed by atoms with Crippen LogP contribution in [0.5, 0.6) is 0 Å². The minimum absolute atomic E-state index is 0.00364. The molecule has 1 N–H and O–H groups in total. The fraction of sp³-hybridized carbons (Fsp3) is 0.269. The fourth-order valence-electron chi connectivity index (χ4n) is 3.71. The minimum atomic E-state index is -0.308. The number of hydrogen-bond donors (Lipinski definition) is 1. The number of ether oxygens (including phenoxy) is 1. The van der Waals surface area contributed by atoms with E-state index in [4.69, 9.17) is 4.74 Å². The molecule has 0 aliphatic heterocycles. The lowest BCUT2D eigenvalue weighted by Gasteiger charge is -2.20. The maximum atomic E-state index is 13.5. The van der Waals surface area contributed by atoms with Crippen molar-refractivity contribution in [1.29, 1.82) is 0 Å². The lowest BCUT2D eigenvalue weighted by molar-refractivity contribution is -0.120. The van der Waals surface area contributed by atoms with Crippen LogP contribution in [-0.4, -0.2) is 40.4 Å². The van der Waals surface area contributed by atoms with Crippen LogP contribution in [0.4, 0.5) is 4.39 Å². The SMILES string of the molecule is COC1CC=CC=C1CNC(=O)CCc1nnc(SCc2ccccc2)n1-c1ccc(F)cc1. The molecule has 1 amide bonds. The van der Waals surface area contributed by atoms with Crippen molar-refractivity contribution >= 4 is 17.7 Å². The Morgan fingerprint density at radius 3 is 2.74 bits per heavy atom. The highest BCUT2D eigenvalue weighted by Crippen LogP contribution is 2.26. The number of carbonyl (C=O) groups is 1. The Labute approximate surface area is 202 Å².